The maximum atomic E-state index is 9.51. The molecule has 0 saturated carbocycles. The zero-order valence-electron chi connectivity index (χ0n) is 11.0. The molecule has 0 saturated heterocycles. The van der Waals surface area contributed by atoms with Crippen molar-refractivity contribution in [3.8, 4) is 0 Å². The lowest BCUT2D eigenvalue weighted by Gasteiger charge is -2.15. The molecule has 4 heteroatoms. The van der Waals surface area contributed by atoms with Crippen LogP contribution in [0.4, 0.5) is 0 Å². The smallest absolute Gasteiger partial charge is 0.0785 e. The lowest BCUT2D eigenvalue weighted by Crippen LogP contribution is -2.31. The predicted molar refractivity (Wildman–Crippen MR) is 77.8 cm³/mol. The molecule has 0 aliphatic rings. The van der Waals surface area contributed by atoms with E-state index in [0.29, 0.717) is 12.6 Å². The van der Waals surface area contributed by atoms with Crippen LogP contribution in [0.25, 0.3) is 0 Å². The summed E-state index contributed by atoms with van der Waals surface area (Å²) in [5.41, 5.74) is 1.32. The molecule has 102 valence electrons. The molecule has 1 aromatic rings. The van der Waals surface area contributed by atoms with Crippen LogP contribution in [0.2, 0.25) is 0 Å². The van der Waals surface area contributed by atoms with Gasteiger partial charge in [-0.1, -0.05) is 28.1 Å². The average Bonchev–Trinajstić information content (AvgIpc) is 2.32. The number of rotatable bonds is 8. The Kier molecular flexibility index (Phi) is 7.51. The molecule has 2 N–H and O–H groups in total. The number of hydrogen-bond acceptors (Lipinski definition) is 3. The molecule has 0 aliphatic heterocycles. The lowest BCUT2D eigenvalue weighted by molar-refractivity contribution is 0.0591. The van der Waals surface area contributed by atoms with Crippen molar-refractivity contribution in [3.63, 3.8) is 0 Å². The van der Waals surface area contributed by atoms with E-state index in [4.69, 9.17) is 4.74 Å². The van der Waals surface area contributed by atoms with Gasteiger partial charge in [-0.05, 0) is 44.0 Å². The van der Waals surface area contributed by atoms with E-state index >= 15 is 0 Å². The summed E-state index contributed by atoms with van der Waals surface area (Å²) in [6.07, 6.45) is 1.34. The summed E-state index contributed by atoms with van der Waals surface area (Å²) >= 11 is 3.43. The minimum Gasteiger partial charge on any atom is -0.391 e. The fraction of sp³-hybridized carbons (Fsp3) is 0.571. The maximum Gasteiger partial charge on any atom is 0.0785 e. The average molecular weight is 316 g/mol. The molecule has 2 unspecified atom stereocenters. The van der Waals surface area contributed by atoms with Crippen LogP contribution < -0.4 is 5.32 Å². The van der Waals surface area contributed by atoms with Gasteiger partial charge in [-0.15, -0.1) is 0 Å². The third-order valence-corrected chi connectivity index (χ3v) is 3.31. The number of hydrogen-bond donors (Lipinski definition) is 2. The fourth-order valence-electron chi connectivity index (χ4n) is 1.82. The first-order valence-corrected chi connectivity index (χ1v) is 7.06. The van der Waals surface area contributed by atoms with Crippen LogP contribution in [0.3, 0.4) is 0 Å². The number of methoxy groups -OCH3 is 1. The summed E-state index contributed by atoms with van der Waals surface area (Å²) in [4.78, 5) is 0. The van der Waals surface area contributed by atoms with Gasteiger partial charge in [0.25, 0.3) is 0 Å². The molecule has 18 heavy (non-hydrogen) atoms. The summed E-state index contributed by atoms with van der Waals surface area (Å²) in [5, 5.41) is 12.9. The van der Waals surface area contributed by atoms with Gasteiger partial charge < -0.3 is 15.2 Å². The molecule has 0 bridgehead atoms. The van der Waals surface area contributed by atoms with E-state index in [1.165, 1.54) is 5.56 Å². The SMILES string of the molecule is COCC(O)CCNC(C)Cc1ccc(Br)cc1. The van der Waals surface area contributed by atoms with E-state index in [9.17, 15) is 5.11 Å². The first-order valence-electron chi connectivity index (χ1n) is 6.26. The highest BCUT2D eigenvalue weighted by Crippen LogP contribution is 2.11. The van der Waals surface area contributed by atoms with Crippen LogP contribution >= 0.6 is 15.9 Å². The van der Waals surface area contributed by atoms with E-state index in [-0.39, 0.29) is 6.10 Å². The number of aliphatic hydroxyl groups is 1. The Hall–Kier alpha value is -0.420. The van der Waals surface area contributed by atoms with Gasteiger partial charge in [-0.3, -0.25) is 0 Å². The number of nitrogens with one attached hydrogen (secondary N) is 1. The third kappa shape index (κ3) is 6.50. The molecule has 0 heterocycles. The third-order valence-electron chi connectivity index (χ3n) is 2.78. The summed E-state index contributed by atoms with van der Waals surface area (Å²) in [5.74, 6) is 0. The van der Waals surface area contributed by atoms with Crippen LogP contribution in [0.15, 0.2) is 28.7 Å². The molecule has 3 nitrogen and oxygen atoms in total. The number of aliphatic hydroxyl groups excluding tert-OH is 1. The summed E-state index contributed by atoms with van der Waals surface area (Å²) in [7, 11) is 1.60. The van der Waals surface area contributed by atoms with Gasteiger partial charge in [0, 0.05) is 17.6 Å². The predicted octanol–water partition coefficient (Wildman–Crippen LogP) is 2.37. The molecule has 2 atom stereocenters. The molecule has 0 radical (unpaired) electrons. The van der Waals surface area contributed by atoms with Gasteiger partial charge in [-0.2, -0.15) is 0 Å². The summed E-state index contributed by atoms with van der Waals surface area (Å²) in [6, 6.07) is 8.78. The Morgan fingerprint density at radius 2 is 2.00 bits per heavy atom. The monoisotopic (exact) mass is 315 g/mol. The normalized spacial score (nSPS) is 14.4. The maximum absolute atomic E-state index is 9.51. The van der Waals surface area contributed by atoms with E-state index in [1.54, 1.807) is 7.11 Å². The minimum absolute atomic E-state index is 0.373. The van der Waals surface area contributed by atoms with Crippen molar-refractivity contribution in [2.24, 2.45) is 0 Å². The van der Waals surface area contributed by atoms with E-state index in [0.717, 1.165) is 23.9 Å². The first-order chi connectivity index (χ1) is 8.61. The topological polar surface area (TPSA) is 41.5 Å². The van der Waals surface area contributed by atoms with Gasteiger partial charge in [0.05, 0.1) is 12.7 Å². The van der Waals surface area contributed by atoms with Crippen LogP contribution in [-0.4, -0.2) is 37.5 Å². The van der Waals surface area contributed by atoms with Crippen molar-refractivity contribution >= 4 is 15.9 Å². The minimum atomic E-state index is -0.373. The second kappa shape index (κ2) is 8.64. The van der Waals surface area contributed by atoms with Crippen LogP contribution in [0.5, 0.6) is 0 Å². The first kappa shape index (κ1) is 15.6. The highest BCUT2D eigenvalue weighted by Gasteiger charge is 2.06. The Morgan fingerprint density at radius 1 is 1.33 bits per heavy atom. The number of halogens is 1. The molecule has 0 fully saturated rings. The lowest BCUT2D eigenvalue weighted by atomic mass is 10.1. The molecular weight excluding hydrogens is 294 g/mol. The Labute approximate surface area is 118 Å². The standard InChI is InChI=1S/C14H22BrNO2/c1-11(16-8-7-14(17)10-18-2)9-12-3-5-13(15)6-4-12/h3-6,11,14,16-17H,7-10H2,1-2H3. The Bertz CT molecular complexity index is 329. The van der Waals surface area contributed by atoms with Gasteiger partial charge >= 0.3 is 0 Å². The molecule has 0 spiro atoms. The molecule has 1 aromatic carbocycles. The van der Waals surface area contributed by atoms with E-state index < -0.39 is 0 Å². The summed E-state index contributed by atoms with van der Waals surface area (Å²) in [6.45, 7) is 3.37. The molecule has 0 aliphatic carbocycles. The van der Waals surface area contributed by atoms with Crippen molar-refractivity contribution in [3.05, 3.63) is 34.3 Å². The Morgan fingerprint density at radius 3 is 2.61 bits per heavy atom. The second-order valence-electron chi connectivity index (χ2n) is 4.58. The van der Waals surface area contributed by atoms with Crippen molar-refractivity contribution in [1.29, 1.82) is 0 Å². The summed E-state index contributed by atoms with van der Waals surface area (Å²) < 4.78 is 5.99. The van der Waals surface area contributed by atoms with Gasteiger partial charge in [0.15, 0.2) is 0 Å². The molecule has 1 rings (SSSR count). The van der Waals surface area contributed by atoms with Gasteiger partial charge in [-0.25, -0.2) is 0 Å². The van der Waals surface area contributed by atoms with Gasteiger partial charge in [0.2, 0.25) is 0 Å². The molecular formula is C14H22BrNO2. The van der Waals surface area contributed by atoms with Crippen molar-refractivity contribution in [2.45, 2.75) is 31.9 Å². The van der Waals surface area contributed by atoms with Crippen LogP contribution in [-0.2, 0) is 11.2 Å². The highest BCUT2D eigenvalue weighted by molar-refractivity contribution is 9.10. The Balaban J connectivity index is 2.21. The van der Waals surface area contributed by atoms with Crippen LogP contribution in [0, 0.1) is 0 Å². The molecule has 0 aromatic heterocycles. The number of ether oxygens (including phenoxy) is 1. The largest absolute Gasteiger partial charge is 0.391 e. The van der Waals surface area contributed by atoms with Crippen molar-refractivity contribution in [2.75, 3.05) is 20.3 Å². The molecule has 0 amide bonds. The quantitative estimate of drug-likeness (QED) is 0.774. The fourth-order valence-corrected chi connectivity index (χ4v) is 2.08. The van der Waals surface area contributed by atoms with Gasteiger partial charge in [0.1, 0.15) is 0 Å². The highest BCUT2D eigenvalue weighted by atomic mass is 79.9. The van der Waals surface area contributed by atoms with E-state index in [2.05, 4.69) is 52.4 Å². The second-order valence-corrected chi connectivity index (χ2v) is 5.50. The van der Waals surface area contributed by atoms with E-state index in [1.807, 2.05) is 0 Å². The van der Waals surface area contributed by atoms with Crippen molar-refractivity contribution < 1.29 is 9.84 Å². The zero-order valence-corrected chi connectivity index (χ0v) is 12.6. The number of benzene rings is 1. The van der Waals surface area contributed by atoms with Crippen molar-refractivity contribution in [1.82, 2.24) is 5.32 Å². The zero-order chi connectivity index (χ0) is 13.4. The van der Waals surface area contributed by atoms with Crippen LogP contribution in [0.1, 0.15) is 18.9 Å².